The van der Waals surface area contributed by atoms with Crippen molar-refractivity contribution in [1.29, 1.82) is 0 Å². The highest BCUT2D eigenvalue weighted by atomic mass is 79.9. The highest BCUT2D eigenvalue weighted by Crippen LogP contribution is 2.20. The van der Waals surface area contributed by atoms with Crippen LogP contribution in [-0.4, -0.2) is 35.6 Å². The summed E-state index contributed by atoms with van der Waals surface area (Å²) >= 11 is 6.97. The van der Waals surface area contributed by atoms with Crippen LogP contribution in [-0.2, 0) is 6.54 Å². The van der Waals surface area contributed by atoms with Gasteiger partial charge in [0.1, 0.15) is 0 Å². The minimum Gasteiger partial charge on any atom is -0.308 e. The molecular weight excluding hydrogens is 358 g/mol. The maximum Gasteiger partial charge on any atom is 0.0684 e. The summed E-state index contributed by atoms with van der Waals surface area (Å²) in [5, 5.41) is 3.61. The normalized spacial score (nSPS) is 18.2. The topological polar surface area (TPSA) is 28.2 Å². The van der Waals surface area contributed by atoms with Gasteiger partial charge in [-0.3, -0.25) is 4.98 Å². The molecule has 5 heteroatoms. The number of hydrogen-bond donors (Lipinski definition) is 1. The quantitative estimate of drug-likeness (QED) is 0.874. The lowest BCUT2D eigenvalue weighted by molar-refractivity contribution is 0.205. The van der Waals surface area contributed by atoms with E-state index in [0.717, 1.165) is 21.2 Å². The average Bonchev–Trinajstić information content (AvgIpc) is 2.38. The van der Waals surface area contributed by atoms with Crippen LogP contribution in [0.3, 0.4) is 0 Å². The standard InChI is InChI=1S/C13H19Br2N3/c1-2-18-5-3-11(4-6-18)16-9-13-12(15)7-10(14)8-17-13/h7-8,11,16H,2-6,9H2,1H3. The Balaban J connectivity index is 1.81. The first-order valence-corrected chi connectivity index (χ1v) is 8.03. The summed E-state index contributed by atoms with van der Waals surface area (Å²) in [6, 6.07) is 2.68. The van der Waals surface area contributed by atoms with Crippen molar-refractivity contribution in [2.45, 2.75) is 32.4 Å². The zero-order chi connectivity index (χ0) is 13.0. The summed E-state index contributed by atoms with van der Waals surface area (Å²) in [6.07, 6.45) is 4.32. The van der Waals surface area contributed by atoms with Crippen LogP contribution < -0.4 is 5.32 Å². The van der Waals surface area contributed by atoms with Gasteiger partial charge < -0.3 is 10.2 Å². The zero-order valence-electron chi connectivity index (χ0n) is 10.6. The van der Waals surface area contributed by atoms with E-state index in [1.165, 1.54) is 32.5 Å². The van der Waals surface area contributed by atoms with Crippen LogP contribution >= 0.6 is 31.9 Å². The molecule has 1 saturated heterocycles. The second-order valence-electron chi connectivity index (χ2n) is 4.67. The number of pyridine rings is 1. The Bertz CT molecular complexity index is 390. The molecule has 3 nitrogen and oxygen atoms in total. The van der Waals surface area contributed by atoms with E-state index < -0.39 is 0 Å². The Morgan fingerprint density at radius 3 is 2.72 bits per heavy atom. The largest absolute Gasteiger partial charge is 0.308 e. The van der Waals surface area contributed by atoms with E-state index >= 15 is 0 Å². The number of nitrogens with one attached hydrogen (secondary N) is 1. The van der Waals surface area contributed by atoms with Crippen LogP contribution in [0.15, 0.2) is 21.2 Å². The molecule has 2 rings (SSSR count). The molecular formula is C13H19Br2N3. The van der Waals surface area contributed by atoms with E-state index in [-0.39, 0.29) is 0 Å². The number of rotatable bonds is 4. The van der Waals surface area contributed by atoms with Crippen molar-refractivity contribution < 1.29 is 0 Å². The van der Waals surface area contributed by atoms with Gasteiger partial charge in [0.2, 0.25) is 0 Å². The Kier molecular flexibility index (Phi) is 5.60. The van der Waals surface area contributed by atoms with Gasteiger partial charge in [-0.1, -0.05) is 6.92 Å². The van der Waals surface area contributed by atoms with Crippen LogP contribution in [0, 0.1) is 0 Å². The molecule has 1 aliphatic rings. The smallest absolute Gasteiger partial charge is 0.0684 e. The van der Waals surface area contributed by atoms with Crippen LogP contribution in [0.4, 0.5) is 0 Å². The van der Waals surface area contributed by atoms with Gasteiger partial charge in [-0.25, -0.2) is 0 Å². The first-order chi connectivity index (χ1) is 8.69. The molecule has 0 atom stereocenters. The zero-order valence-corrected chi connectivity index (χ0v) is 13.8. The van der Waals surface area contributed by atoms with E-state index in [2.05, 4.69) is 54.0 Å². The lowest BCUT2D eigenvalue weighted by atomic mass is 10.1. The van der Waals surface area contributed by atoms with Gasteiger partial charge >= 0.3 is 0 Å². The molecule has 1 aromatic heterocycles. The Morgan fingerprint density at radius 2 is 2.11 bits per heavy atom. The van der Waals surface area contributed by atoms with Crippen molar-refractivity contribution >= 4 is 31.9 Å². The first-order valence-electron chi connectivity index (χ1n) is 6.44. The second-order valence-corrected chi connectivity index (χ2v) is 6.44. The molecule has 2 heterocycles. The molecule has 0 bridgehead atoms. The van der Waals surface area contributed by atoms with Gasteiger partial charge in [-0.15, -0.1) is 0 Å². The molecule has 1 aromatic rings. The summed E-state index contributed by atoms with van der Waals surface area (Å²) in [7, 11) is 0. The summed E-state index contributed by atoms with van der Waals surface area (Å²) in [5.41, 5.74) is 1.08. The summed E-state index contributed by atoms with van der Waals surface area (Å²) in [5.74, 6) is 0. The number of piperidine rings is 1. The predicted molar refractivity (Wildman–Crippen MR) is 81.6 cm³/mol. The van der Waals surface area contributed by atoms with Crippen molar-refractivity contribution in [3.8, 4) is 0 Å². The minimum atomic E-state index is 0.630. The Labute approximate surface area is 126 Å². The number of hydrogen-bond acceptors (Lipinski definition) is 3. The highest BCUT2D eigenvalue weighted by molar-refractivity contribution is 9.11. The van der Waals surface area contributed by atoms with Crippen LogP contribution in [0.1, 0.15) is 25.5 Å². The van der Waals surface area contributed by atoms with E-state index in [0.29, 0.717) is 6.04 Å². The predicted octanol–water partition coefficient (Wildman–Crippen LogP) is 3.18. The molecule has 0 aliphatic carbocycles. The highest BCUT2D eigenvalue weighted by Gasteiger charge is 2.17. The third-order valence-corrected chi connectivity index (χ3v) is 4.60. The maximum atomic E-state index is 4.43. The monoisotopic (exact) mass is 375 g/mol. The molecule has 0 unspecified atom stereocenters. The van der Waals surface area contributed by atoms with Gasteiger partial charge in [0.25, 0.3) is 0 Å². The van der Waals surface area contributed by atoms with Crippen LogP contribution in [0.5, 0.6) is 0 Å². The average molecular weight is 377 g/mol. The fourth-order valence-corrected chi connectivity index (χ4v) is 3.39. The molecule has 1 N–H and O–H groups in total. The molecule has 0 aromatic carbocycles. The van der Waals surface area contributed by atoms with Gasteiger partial charge in [0.05, 0.1) is 5.69 Å². The van der Waals surface area contributed by atoms with Gasteiger partial charge in [0.15, 0.2) is 0 Å². The molecule has 1 fully saturated rings. The first kappa shape index (κ1) is 14.4. The summed E-state index contributed by atoms with van der Waals surface area (Å²) in [6.45, 7) is 6.67. The lowest BCUT2D eigenvalue weighted by Crippen LogP contribution is -2.42. The Hall–Kier alpha value is 0.0300. The maximum absolute atomic E-state index is 4.43. The SMILES string of the molecule is CCN1CCC(NCc2ncc(Br)cc2Br)CC1. The molecule has 0 spiro atoms. The molecule has 100 valence electrons. The van der Waals surface area contributed by atoms with Crippen molar-refractivity contribution in [1.82, 2.24) is 15.2 Å². The second kappa shape index (κ2) is 6.98. The van der Waals surface area contributed by atoms with E-state index in [1.807, 2.05) is 12.3 Å². The molecule has 18 heavy (non-hydrogen) atoms. The van der Waals surface area contributed by atoms with Crippen molar-refractivity contribution in [2.75, 3.05) is 19.6 Å². The number of halogens is 2. The van der Waals surface area contributed by atoms with E-state index in [4.69, 9.17) is 0 Å². The van der Waals surface area contributed by atoms with E-state index in [1.54, 1.807) is 0 Å². The van der Waals surface area contributed by atoms with Gasteiger partial charge in [-0.05, 0) is 70.4 Å². The van der Waals surface area contributed by atoms with E-state index in [9.17, 15) is 0 Å². The lowest BCUT2D eigenvalue weighted by Gasteiger charge is -2.31. The number of aromatic nitrogens is 1. The van der Waals surface area contributed by atoms with Crippen LogP contribution in [0.25, 0.3) is 0 Å². The number of likely N-dealkylation sites (tertiary alicyclic amines) is 1. The van der Waals surface area contributed by atoms with Crippen molar-refractivity contribution in [2.24, 2.45) is 0 Å². The fraction of sp³-hybridized carbons (Fsp3) is 0.615. The fourth-order valence-electron chi connectivity index (χ4n) is 2.27. The number of nitrogens with zero attached hydrogens (tertiary/aromatic N) is 2. The third-order valence-electron chi connectivity index (χ3n) is 3.48. The molecule has 0 saturated carbocycles. The minimum absolute atomic E-state index is 0.630. The Morgan fingerprint density at radius 1 is 1.39 bits per heavy atom. The third kappa shape index (κ3) is 4.02. The van der Waals surface area contributed by atoms with Crippen molar-refractivity contribution in [3.63, 3.8) is 0 Å². The molecule has 0 amide bonds. The molecule has 1 aliphatic heterocycles. The van der Waals surface area contributed by atoms with Gasteiger partial charge in [-0.2, -0.15) is 0 Å². The van der Waals surface area contributed by atoms with Crippen molar-refractivity contribution in [3.05, 3.63) is 26.9 Å². The summed E-state index contributed by atoms with van der Waals surface area (Å²) < 4.78 is 2.07. The van der Waals surface area contributed by atoms with Crippen LogP contribution in [0.2, 0.25) is 0 Å². The summed E-state index contributed by atoms with van der Waals surface area (Å²) in [4.78, 5) is 6.93. The van der Waals surface area contributed by atoms with Gasteiger partial charge in [0, 0.05) is 27.7 Å². The molecule has 0 radical (unpaired) electrons.